The zero-order chi connectivity index (χ0) is 20.4. The lowest BCUT2D eigenvalue weighted by Gasteiger charge is -2.32. The third-order valence-corrected chi connectivity index (χ3v) is 6.57. The molecule has 0 spiro atoms. The van der Waals surface area contributed by atoms with Crippen molar-refractivity contribution in [3.8, 4) is 0 Å². The van der Waals surface area contributed by atoms with E-state index >= 15 is 0 Å². The Kier molecular flexibility index (Phi) is 5.83. The first-order valence-corrected chi connectivity index (χ1v) is 11.2. The monoisotopic (exact) mass is 409 g/mol. The SMILES string of the molecule is Cc1ccc(Cn2nc(C)c(C(=O)N3CC[NH+](Cc4ccsc4)CC3)c2C)cc1. The number of rotatable bonds is 5. The highest BCUT2D eigenvalue weighted by atomic mass is 32.1. The van der Waals surface area contributed by atoms with E-state index in [2.05, 4.69) is 53.1 Å². The maximum atomic E-state index is 13.2. The first-order chi connectivity index (χ1) is 14.0. The predicted molar refractivity (Wildman–Crippen MR) is 117 cm³/mol. The molecule has 0 radical (unpaired) electrons. The van der Waals surface area contributed by atoms with E-state index in [1.807, 2.05) is 23.4 Å². The summed E-state index contributed by atoms with van der Waals surface area (Å²) in [5.74, 6) is 0.129. The van der Waals surface area contributed by atoms with Gasteiger partial charge in [-0.3, -0.25) is 9.48 Å². The first-order valence-electron chi connectivity index (χ1n) is 10.2. The third kappa shape index (κ3) is 4.43. The fourth-order valence-electron chi connectivity index (χ4n) is 4.07. The molecule has 1 aliphatic rings. The highest BCUT2D eigenvalue weighted by Gasteiger charge is 2.28. The molecule has 29 heavy (non-hydrogen) atoms. The van der Waals surface area contributed by atoms with Crippen molar-refractivity contribution < 1.29 is 9.69 Å². The quantitative estimate of drug-likeness (QED) is 0.703. The minimum Gasteiger partial charge on any atom is -0.328 e. The molecular formula is C23H29N4OS+. The van der Waals surface area contributed by atoms with E-state index in [4.69, 9.17) is 0 Å². The number of carbonyl (C=O) groups excluding carboxylic acids is 1. The first kappa shape index (κ1) is 19.9. The molecule has 5 nitrogen and oxygen atoms in total. The van der Waals surface area contributed by atoms with Crippen LogP contribution in [0.4, 0.5) is 0 Å². The van der Waals surface area contributed by atoms with Gasteiger partial charge in [-0.15, -0.1) is 0 Å². The Morgan fingerprint density at radius 1 is 1.07 bits per heavy atom. The zero-order valence-electron chi connectivity index (χ0n) is 17.4. The van der Waals surface area contributed by atoms with E-state index in [9.17, 15) is 4.79 Å². The number of amides is 1. The van der Waals surface area contributed by atoms with Crippen molar-refractivity contribution in [3.63, 3.8) is 0 Å². The van der Waals surface area contributed by atoms with Crippen LogP contribution in [0.1, 0.15) is 38.4 Å². The van der Waals surface area contributed by atoms with Crippen molar-refractivity contribution in [1.82, 2.24) is 14.7 Å². The summed E-state index contributed by atoms with van der Waals surface area (Å²) in [5, 5.41) is 9.03. The highest BCUT2D eigenvalue weighted by molar-refractivity contribution is 7.07. The summed E-state index contributed by atoms with van der Waals surface area (Å²) in [6.45, 7) is 11.4. The van der Waals surface area contributed by atoms with Crippen molar-refractivity contribution in [1.29, 1.82) is 0 Å². The number of quaternary nitrogens is 1. The average Bonchev–Trinajstić information content (AvgIpc) is 3.32. The molecule has 1 amide bonds. The summed E-state index contributed by atoms with van der Waals surface area (Å²) >= 11 is 1.75. The van der Waals surface area contributed by atoms with Crippen molar-refractivity contribution in [2.75, 3.05) is 26.2 Å². The predicted octanol–water partition coefficient (Wildman–Crippen LogP) is 2.46. The molecular weight excluding hydrogens is 380 g/mol. The van der Waals surface area contributed by atoms with Gasteiger partial charge in [-0.05, 0) is 43.2 Å². The standard InChI is InChI=1S/C23H28N4OS/c1-17-4-6-20(7-5-17)15-27-19(3)22(18(2)24-27)23(28)26-11-9-25(10-12-26)14-21-8-13-29-16-21/h4-8,13,16H,9-12,14-15H2,1-3H3/p+1. The molecule has 3 heterocycles. The Balaban J connectivity index is 1.42. The van der Waals surface area contributed by atoms with Crippen LogP contribution >= 0.6 is 11.3 Å². The van der Waals surface area contributed by atoms with Crippen molar-refractivity contribution in [3.05, 3.63) is 74.7 Å². The molecule has 1 aliphatic heterocycles. The molecule has 1 saturated heterocycles. The van der Waals surface area contributed by atoms with Gasteiger partial charge in [-0.2, -0.15) is 16.4 Å². The van der Waals surface area contributed by atoms with Crippen molar-refractivity contribution >= 4 is 17.2 Å². The van der Waals surface area contributed by atoms with Crippen LogP contribution in [0.15, 0.2) is 41.1 Å². The number of hydrogen-bond donors (Lipinski definition) is 1. The van der Waals surface area contributed by atoms with Crippen molar-refractivity contribution in [2.45, 2.75) is 33.9 Å². The Labute approximate surface area is 176 Å². The summed E-state index contributed by atoms with van der Waals surface area (Å²) in [4.78, 5) is 16.8. The topological polar surface area (TPSA) is 42.6 Å². The third-order valence-electron chi connectivity index (χ3n) is 5.84. The van der Waals surface area contributed by atoms with Crippen LogP contribution in [-0.4, -0.2) is 46.8 Å². The van der Waals surface area contributed by atoms with Gasteiger partial charge in [0.2, 0.25) is 0 Å². The fourth-order valence-corrected chi connectivity index (χ4v) is 4.74. The molecule has 6 heteroatoms. The van der Waals surface area contributed by atoms with Crippen LogP contribution in [0.3, 0.4) is 0 Å². The van der Waals surface area contributed by atoms with Crippen LogP contribution in [0.25, 0.3) is 0 Å². The fraction of sp³-hybridized carbons (Fsp3) is 0.391. The number of piperazine rings is 1. The number of hydrogen-bond acceptors (Lipinski definition) is 3. The Bertz CT molecular complexity index is 967. The average molecular weight is 410 g/mol. The van der Waals surface area contributed by atoms with E-state index in [1.54, 1.807) is 16.2 Å². The molecule has 0 saturated carbocycles. The van der Waals surface area contributed by atoms with Crippen LogP contribution in [0.5, 0.6) is 0 Å². The van der Waals surface area contributed by atoms with Gasteiger partial charge in [-0.1, -0.05) is 29.8 Å². The molecule has 2 aromatic heterocycles. The number of aryl methyl sites for hydroxylation is 2. The maximum Gasteiger partial charge on any atom is 0.258 e. The van der Waals surface area contributed by atoms with E-state index in [0.717, 1.165) is 49.7 Å². The maximum absolute atomic E-state index is 13.2. The second-order valence-electron chi connectivity index (χ2n) is 8.04. The van der Waals surface area contributed by atoms with E-state index in [0.29, 0.717) is 6.54 Å². The molecule has 3 aromatic rings. The second kappa shape index (κ2) is 8.51. The lowest BCUT2D eigenvalue weighted by molar-refractivity contribution is -0.917. The van der Waals surface area contributed by atoms with Gasteiger partial charge in [-0.25, -0.2) is 0 Å². The molecule has 1 aromatic carbocycles. The van der Waals surface area contributed by atoms with Gasteiger partial charge < -0.3 is 9.80 Å². The van der Waals surface area contributed by atoms with Crippen molar-refractivity contribution in [2.24, 2.45) is 0 Å². The van der Waals surface area contributed by atoms with Crippen LogP contribution in [0.2, 0.25) is 0 Å². The largest absolute Gasteiger partial charge is 0.328 e. The number of aromatic nitrogens is 2. The summed E-state index contributed by atoms with van der Waals surface area (Å²) in [7, 11) is 0. The summed E-state index contributed by atoms with van der Waals surface area (Å²) in [6, 6.07) is 10.7. The zero-order valence-corrected chi connectivity index (χ0v) is 18.3. The van der Waals surface area contributed by atoms with Gasteiger partial charge >= 0.3 is 0 Å². The van der Waals surface area contributed by atoms with Gasteiger partial charge in [0.1, 0.15) is 6.54 Å². The van der Waals surface area contributed by atoms with Gasteiger partial charge in [0, 0.05) is 11.3 Å². The normalized spacial score (nSPS) is 15.1. The van der Waals surface area contributed by atoms with Gasteiger partial charge in [0.15, 0.2) is 0 Å². The lowest BCUT2D eigenvalue weighted by atomic mass is 10.1. The Hall–Kier alpha value is -2.44. The minimum absolute atomic E-state index is 0.129. The van der Waals surface area contributed by atoms with Crippen LogP contribution in [0, 0.1) is 20.8 Å². The molecule has 0 aliphatic carbocycles. The molecule has 0 unspecified atom stereocenters. The summed E-state index contributed by atoms with van der Waals surface area (Å²) < 4.78 is 1.96. The van der Waals surface area contributed by atoms with E-state index in [1.165, 1.54) is 16.7 Å². The Morgan fingerprint density at radius 3 is 2.45 bits per heavy atom. The second-order valence-corrected chi connectivity index (χ2v) is 8.82. The molecule has 1 fully saturated rings. The minimum atomic E-state index is 0.129. The number of thiophene rings is 1. The number of nitrogens with zero attached hydrogens (tertiary/aromatic N) is 3. The highest BCUT2D eigenvalue weighted by Crippen LogP contribution is 2.18. The van der Waals surface area contributed by atoms with E-state index in [-0.39, 0.29) is 5.91 Å². The molecule has 0 bridgehead atoms. The number of nitrogens with one attached hydrogen (secondary N) is 1. The molecule has 152 valence electrons. The summed E-state index contributed by atoms with van der Waals surface area (Å²) in [6.07, 6.45) is 0. The van der Waals surface area contributed by atoms with Crippen LogP contribution < -0.4 is 4.90 Å². The van der Waals surface area contributed by atoms with Gasteiger partial charge in [0.25, 0.3) is 5.91 Å². The molecule has 1 N–H and O–H groups in total. The van der Waals surface area contributed by atoms with Crippen LogP contribution in [-0.2, 0) is 13.1 Å². The Morgan fingerprint density at radius 2 is 1.79 bits per heavy atom. The number of benzene rings is 1. The number of carbonyl (C=O) groups is 1. The molecule has 4 rings (SSSR count). The molecule has 0 atom stereocenters. The van der Waals surface area contributed by atoms with E-state index < -0.39 is 0 Å². The lowest BCUT2D eigenvalue weighted by Crippen LogP contribution is -3.13. The summed E-state index contributed by atoms with van der Waals surface area (Å²) in [5.41, 5.74) is 6.41. The van der Waals surface area contributed by atoms with Gasteiger partial charge in [0.05, 0.1) is 44.0 Å². The smallest absolute Gasteiger partial charge is 0.258 e.